The molecule has 1 fully saturated rings. The SMILES string of the molecule is FC1=Cc2[nH]c(C3CCCNC3)cc2CC1. The number of nitrogens with one attached hydrogen (secondary N) is 2. The average Bonchev–Trinajstić information content (AvgIpc) is 2.73. The predicted molar refractivity (Wildman–Crippen MR) is 63.0 cm³/mol. The van der Waals surface area contributed by atoms with Crippen LogP contribution < -0.4 is 5.32 Å². The molecule has 3 heteroatoms. The summed E-state index contributed by atoms with van der Waals surface area (Å²) in [6.45, 7) is 2.18. The predicted octanol–water partition coefficient (Wildman–Crippen LogP) is 2.74. The Morgan fingerprint density at radius 1 is 1.31 bits per heavy atom. The molecule has 0 aromatic carbocycles. The lowest BCUT2D eigenvalue weighted by atomic mass is 9.95. The Balaban J connectivity index is 1.86. The number of aryl methyl sites for hydroxylation is 1. The molecule has 2 aliphatic rings. The first kappa shape index (κ1) is 10.1. The van der Waals surface area contributed by atoms with Gasteiger partial charge in [-0.2, -0.15) is 0 Å². The Kier molecular flexibility index (Phi) is 2.56. The topological polar surface area (TPSA) is 27.8 Å². The molecular weight excluding hydrogens is 203 g/mol. The molecule has 1 unspecified atom stereocenters. The summed E-state index contributed by atoms with van der Waals surface area (Å²) in [5.41, 5.74) is 3.55. The Labute approximate surface area is 94.9 Å². The van der Waals surface area contributed by atoms with E-state index in [1.807, 2.05) is 0 Å². The number of allylic oxidation sites excluding steroid dienone is 1. The van der Waals surface area contributed by atoms with Crippen molar-refractivity contribution < 1.29 is 4.39 Å². The van der Waals surface area contributed by atoms with Crippen molar-refractivity contribution in [1.82, 2.24) is 10.3 Å². The number of aromatic amines is 1. The summed E-state index contributed by atoms with van der Waals surface area (Å²) < 4.78 is 13.1. The molecule has 1 aromatic heterocycles. The number of piperidine rings is 1. The summed E-state index contributed by atoms with van der Waals surface area (Å²) in [5, 5.41) is 3.41. The fourth-order valence-electron chi connectivity index (χ4n) is 2.69. The maximum Gasteiger partial charge on any atom is 0.102 e. The lowest BCUT2D eigenvalue weighted by molar-refractivity contribution is 0.456. The van der Waals surface area contributed by atoms with Crippen molar-refractivity contribution in [2.24, 2.45) is 0 Å². The molecular formula is C13H17FN2. The van der Waals surface area contributed by atoms with Crippen molar-refractivity contribution in [2.75, 3.05) is 13.1 Å². The van der Waals surface area contributed by atoms with Gasteiger partial charge in [-0.3, -0.25) is 0 Å². The molecule has 3 rings (SSSR count). The first-order chi connectivity index (χ1) is 7.83. The van der Waals surface area contributed by atoms with E-state index >= 15 is 0 Å². The Morgan fingerprint density at radius 2 is 2.25 bits per heavy atom. The van der Waals surface area contributed by atoms with Gasteiger partial charge in [-0.05, 0) is 43.5 Å². The summed E-state index contributed by atoms with van der Waals surface area (Å²) in [5.74, 6) is 0.582. The van der Waals surface area contributed by atoms with E-state index in [0.29, 0.717) is 12.3 Å². The molecule has 1 aliphatic carbocycles. The molecule has 1 atom stereocenters. The van der Waals surface area contributed by atoms with Crippen molar-refractivity contribution in [3.05, 3.63) is 28.8 Å². The van der Waals surface area contributed by atoms with Gasteiger partial charge in [0.15, 0.2) is 0 Å². The van der Waals surface area contributed by atoms with Crippen LogP contribution in [0, 0.1) is 0 Å². The summed E-state index contributed by atoms with van der Waals surface area (Å²) in [7, 11) is 0. The standard InChI is InChI=1S/C13H17FN2/c14-11-4-3-9-6-12(16-13(9)7-11)10-2-1-5-15-8-10/h6-7,10,15-16H,1-5,8H2. The summed E-state index contributed by atoms with van der Waals surface area (Å²) in [6, 6.07) is 2.23. The maximum atomic E-state index is 13.1. The molecule has 1 saturated heterocycles. The maximum absolute atomic E-state index is 13.1. The van der Waals surface area contributed by atoms with Crippen molar-refractivity contribution in [3.63, 3.8) is 0 Å². The van der Waals surface area contributed by atoms with Gasteiger partial charge in [0.25, 0.3) is 0 Å². The van der Waals surface area contributed by atoms with Crippen molar-refractivity contribution >= 4 is 6.08 Å². The van der Waals surface area contributed by atoms with Gasteiger partial charge in [0.1, 0.15) is 5.83 Å². The molecule has 0 amide bonds. The molecule has 0 radical (unpaired) electrons. The number of fused-ring (bicyclic) bond motifs is 1. The molecule has 86 valence electrons. The van der Waals surface area contributed by atoms with E-state index in [0.717, 1.165) is 25.2 Å². The molecule has 0 spiro atoms. The Bertz CT molecular complexity index is 414. The van der Waals surface area contributed by atoms with E-state index in [2.05, 4.69) is 16.4 Å². The second-order valence-electron chi connectivity index (χ2n) is 4.80. The van der Waals surface area contributed by atoms with Crippen LogP contribution in [-0.2, 0) is 6.42 Å². The highest BCUT2D eigenvalue weighted by molar-refractivity contribution is 5.56. The average molecular weight is 220 g/mol. The first-order valence-electron chi connectivity index (χ1n) is 6.11. The van der Waals surface area contributed by atoms with Gasteiger partial charge >= 0.3 is 0 Å². The van der Waals surface area contributed by atoms with Crippen LogP contribution in [0.25, 0.3) is 6.08 Å². The zero-order chi connectivity index (χ0) is 11.0. The molecule has 2 heterocycles. The molecule has 1 aromatic rings. The third-order valence-electron chi connectivity index (χ3n) is 3.63. The van der Waals surface area contributed by atoms with Crippen LogP contribution in [-0.4, -0.2) is 18.1 Å². The largest absolute Gasteiger partial charge is 0.358 e. The molecule has 2 nitrogen and oxygen atoms in total. The van der Waals surface area contributed by atoms with E-state index in [1.54, 1.807) is 6.08 Å². The number of aromatic nitrogens is 1. The van der Waals surface area contributed by atoms with Crippen LogP contribution in [0.4, 0.5) is 4.39 Å². The van der Waals surface area contributed by atoms with Crippen LogP contribution >= 0.6 is 0 Å². The van der Waals surface area contributed by atoms with Gasteiger partial charge in [0, 0.05) is 30.3 Å². The quantitative estimate of drug-likeness (QED) is 0.748. The van der Waals surface area contributed by atoms with Gasteiger partial charge in [-0.25, -0.2) is 4.39 Å². The third-order valence-corrected chi connectivity index (χ3v) is 3.63. The fourth-order valence-corrected chi connectivity index (χ4v) is 2.69. The number of rotatable bonds is 1. The zero-order valence-electron chi connectivity index (χ0n) is 9.35. The molecule has 0 saturated carbocycles. The van der Waals surface area contributed by atoms with E-state index in [1.165, 1.54) is 24.1 Å². The lowest BCUT2D eigenvalue weighted by Crippen LogP contribution is -2.28. The number of H-pyrrole nitrogens is 1. The summed E-state index contributed by atoms with van der Waals surface area (Å²) in [6.07, 6.45) is 5.53. The second kappa shape index (κ2) is 4.06. The summed E-state index contributed by atoms with van der Waals surface area (Å²) in [4.78, 5) is 3.38. The minimum absolute atomic E-state index is 0.00247. The normalized spacial score (nSPS) is 25.1. The van der Waals surface area contributed by atoms with Crippen molar-refractivity contribution in [1.29, 1.82) is 0 Å². The summed E-state index contributed by atoms with van der Waals surface area (Å²) >= 11 is 0. The molecule has 2 N–H and O–H groups in total. The van der Waals surface area contributed by atoms with Crippen LogP contribution in [0.3, 0.4) is 0 Å². The number of hydrogen-bond donors (Lipinski definition) is 2. The monoisotopic (exact) mass is 220 g/mol. The first-order valence-corrected chi connectivity index (χ1v) is 6.11. The smallest absolute Gasteiger partial charge is 0.102 e. The molecule has 1 aliphatic heterocycles. The number of hydrogen-bond acceptors (Lipinski definition) is 1. The number of halogens is 1. The van der Waals surface area contributed by atoms with Crippen LogP contribution in [0.5, 0.6) is 0 Å². The lowest BCUT2D eigenvalue weighted by Gasteiger charge is -2.21. The van der Waals surface area contributed by atoms with Crippen LogP contribution in [0.2, 0.25) is 0 Å². The van der Waals surface area contributed by atoms with E-state index in [4.69, 9.17) is 0 Å². The van der Waals surface area contributed by atoms with E-state index in [9.17, 15) is 4.39 Å². The second-order valence-corrected chi connectivity index (χ2v) is 4.80. The van der Waals surface area contributed by atoms with Gasteiger partial charge in [-0.1, -0.05) is 0 Å². The van der Waals surface area contributed by atoms with Gasteiger partial charge in [0.2, 0.25) is 0 Å². The van der Waals surface area contributed by atoms with Gasteiger partial charge in [0.05, 0.1) is 0 Å². The molecule has 16 heavy (non-hydrogen) atoms. The minimum Gasteiger partial charge on any atom is -0.358 e. The highest BCUT2D eigenvalue weighted by Crippen LogP contribution is 2.29. The van der Waals surface area contributed by atoms with Crippen LogP contribution in [0.1, 0.15) is 42.1 Å². The van der Waals surface area contributed by atoms with E-state index < -0.39 is 0 Å². The van der Waals surface area contributed by atoms with Crippen molar-refractivity contribution in [3.8, 4) is 0 Å². The van der Waals surface area contributed by atoms with Crippen LogP contribution in [0.15, 0.2) is 11.9 Å². The highest BCUT2D eigenvalue weighted by atomic mass is 19.1. The Hall–Kier alpha value is -1.09. The van der Waals surface area contributed by atoms with Gasteiger partial charge in [-0.15, -0.1) is 0 Å². The van der Waals surface area contributed by atoms with Gasteiger partial charge < -0.3 is 10.3 Å². The minimum atomic E-state index is 0.00247. The highest BCUT2D eigenvalue weighted by Gasteiger charge is 2.20. The fraction of sp³-hybridized carbons (Fsp3) is 0.538. The van der Waals surface area contributed by atoms with E-state index in [-0.39, 0.29) is 5.83 Å². The Morgan fingerprint density at radius 3 is 3.06 bits per heavy atom. The van der Waals surface area contributed by atoms with Crippen molar-refractivity contribution in [2.45, 2.75) is 31.6 Å². The third kappa shape index (κ3) is 1.80. The molecule has 0 bridgehead atoms. The zero-order valence-corrected chi connectivity index (χ0v) is 9.35.